The van der Waals surface area contributed by atoms with Crippen molar-refractivity contribution in [1.82, 2.24) is 10.3 Å². The summed E-state index contributed by atoms with van der Waals surface area (Å²) in [6, 6.07) is 9.64. The van der Waals surface area contributed by atoms with Gasteiger partial charge >= 0.3 is 5.97 Å². The van der Waals surface area contributed by atoms with Crippen LogP contribution in [0, 0.1) is 6.92 Å². The number of esters is 1. The Labute approximate surface area is 120 Å². The average Bonchev–Trinajstić information content (AvgIpc) is 2.87. The zero-order chi connectivity index (χ0) is 14.5. The van der Waals surface area contributed by atoms with Gasteiger partial charge in [0.05, 0.1) is 12.8 Å². The molecule has 0 unspecified atom stereocenters. The molecule has 0 aliphatic rings. The van der Waals surface area contributed by atoms with Crippen molar-refractivity contribution < 1.29 is 14.3 Å². The minimum absolute atomic E-state index is 0.145. The molecule has 0 saturated heterocycles. The first-order valence-corrected chi connectivity index (χ1v) is 6.81. The molecule has 1 amide bonds. The first-order chi connectivity index (χ1) is 9.61. The molecule has 1 aromatic heterocycles. The highest BCUT2D eigenvalue weighted by Crippen LogP contribution is 2.27. The van der Waals surface area contributed by atoms with E-state index in [4.69, 9.17) is 0 Å². The second-order valence-corrected chi connectivity index (χ2v) is 5.06. The molecule has 0 spiro atoms. The molecule has 0 fully saturated rings. The Balaban J connectivity index is 2.15. The van der Waals surface area contributed by atoms with Crippen LogP contribution in [0.15, 0.2) is 30.3 Å². The Morgan fingerprint density at radius 3 is 2.65 bits per heavy atom. The van der Waals surface area contributed by atoms with Crippen molar-refractivity contribution in [3.05, 3.63) is 40.9 Å². The minimum atomic E-state index is -0.483. The lowest BCUT2D eigenvalue weighted by Gasteiger charge is -2.01. The number of benzene rings is 1. The molecule has 1 aromatic carbocycles. The Kier molecular flexibility index (Phi) is 4.47. The van der Waals surface area contributed by atoms with Gasteiger partial charge < -0.3 is 10.1 Å². The van der Waals surface area contributed by atoms with Crippen molar-refractivity contribution in [3.63, 3.8) is 0 Å². The highest BCUT2D eigenvalue weighted by molar-refractivity contribution is 7.17. The van der Waals surface area contributed by atoms with E-state index in [1.54, 1.807) is 6.92 Å². The summed E-state index contributed by atoms with van der Waals surface area (Å²) >= 11 is 1.30. The van der Waals surface area contributed by atoms with Crippen LogP contribution in [-0.4, -0.2) is 30.5 Å². The average molecular weight is 290 g/mol. The Morgan fingerprint density at radius 1 is 1.30 bits per heavy atom. The Bertz CT molecular complexity index is 623. The van der Waals surface area contributed by atoms with Crippen molar-refractivity contribution in [2.45, 2.75) is 6.92 Å². The fraction of sp³-hybridized carbons (Fsp3) is 0.214. The maximum Gasteiger partial charge on any atom is 0.325 e. The normalized spacial score (nSPS) is 10.1. The van der Waals surface area contributed by atoms with Gasteiger partial charge in [-0.2, -0.15) is 0 Å². The van der Waals surface area contributed by atoms with E-state index in [0.29, 0.717) is 10.6 Å². The van der Waals surface area contributed by atoms with Gasteiger partial charge in [0, 0.05) is 5.56 Å². The third kappa shape index (κ3) is 3.21. The number of nitrogens with one attached hydrogen (secondary N) is 1. The molecule has 0 aliphatic carbocycles. The number of thiazole rings is 1. The SMILES string of the molecule is COC(=O)CNC(=O)c1sc(-c2ccccc2)nc1C. The van der Waals surface area contributed by atoms with Gasteiger partial charge in [0.2, 0.25) is 0 Å². The molecule has 1 heterocycles. The van der Waals surface area contributed by atoms with Crippen molar-refractivity contribution in [2.24, 2.45) is 0 Å². The smallest absolute Gasteiger partial charge is 0.325 e. The summed E-state index contributed by atoms with van der Waals surface area (Å²) in [5.74, 6) is -0.795. The first kappa shape index (κ1) is 14.2. The van der Waals surface area contributed by atoms with E-state index >= 15 is 0 Å². The number of aromatic nitrogens is 1. The van der Waals surface area contributed by atoms with E-state index in [1.807, 2.05) is 30.3 Å². The van der Waals surface area contributed by atoms with E-state index in [2.05, 4.69) is 15.0 Å². The third-order valence-electron chi connectivity index (χ3n) is 2.64. The van der Waals surface area contributed by atoms with Crippen LogP contribution in [0.3, 0.4) is 0 Å². The van der Waals surface area contributed by atoms with Crippen LogP contribution in [0.4, 0.5) is 0 Å². The summed E-state index contributed by atoms with van der Waals surface area (Å²) < 4.78 is 4.48. The molecule has 0 atom stereocenters. The standard InChI is InChI=1S/C14H14N2O3S/c1-9-12(13(18)15-8-11(17)19-2)20-14(16-9)10-6-4-3-5-7-10/h3-7H,8H2,1-2H3,(H,15,18). The molecular weight excluding hydrogens is 276 g/mol. The van der Waals surface area contributed by atoms with E-state index < -0.39 is 5.97 Å². The lowest BCUT2D eigenvalue weighted by atomic mass is 10.2. The number of hydrogen-bond acceptors (Lipinski definition) is 5. The topological polar surface area (TPSA) is 68.3 Å². The monoisotopic (exact) mass is 290 g/mol. The predicted molar refractivity (Wildman–Crippen MR) is 76.6 cm³/mol. The first-order valence-electron chi connectivity index (χ1n) is 5.99. The minimum Gasteiger partial charge on any atom is -0.468 e. The van der Waals surface area contributed by atoms with Gasteiger partial charge in [-0.15, -0.1) is 11.3 Å². The largest absolute Gasteiger partial charge is 0.468 e. The van der Waals surface area contributed by atoms with E-state index in [9.17, 15) is 9.59 Å². The summed E-state index contributed by atoms with van der Waals surface area (Å²) in [5.41, 5.74) is 1.61. The summed E-state index contributed by atoms with van der Waals surface area (Å²) in [5, 5.41) is 3.30. The molecule has 0 bridgehead atoms. The number of carbonyl (C=O) groups excluding carboxylic acids is 2. The zero-order valence-electron chi connectivity index (χ0n) is 11.2. The summed E-state index contributed by atoms with van der Waals surface area (Å²) in [7, 11) is 1.28. The Hall–Kier alpha value is -2.21. The number of amides is 1. The van der Waals surface area contributed by atoms with E-state index in [0.717, 1.165) is 10.6 Å². The lowest BCUT2D eigenvalue weighted by Crippen LogP contribution is -2.29. The van der Waals surface area contributed by atoms with Gasteiger partial charge in [-0.3, -0.25) is 9.59 Å². The molecule has 104 valence electrons. The highest BCUT2D eigenvalue weighted by atomic mass is 32.1. The lowest BCUT2D eigenvalue weighted by molar-refractivity contribution is -0.139. The predicted octanol–water partition coefficient (Wildman–Crippen LogP) is 2.02. The second kappa shape index (κ2) is 6.29. The van der Waals surface area contributed by atoms with Gasteiger partial charge in [-0.25, -0.2) is 4.98 Å². The summed E-state index contributed by atoms with van der Waals surface area (Å²) in [6.45, 7) is 1.63. The molecule has 0 aliphatic heterocycles. The van der Waals surface area contributed by atoms with Crippen LogP contribution in [0.25, 0.3) is 10.6 Å². The molecule has 20 heavy (non-hydrogen) atoms. The second-order valence-electron chi connectivity index (χ2n) is 4.06. The van der Waals surface area contributed by atoms with Gasteiger partial charge in [0.25, 0.3) is 5.91 Å². The van der Waals surface area contributed by atoms with Crippen LogP contribution >= 0.6 is 11.3 Å². The van der Waals surface area contributed by atoms with E-state index in [1.165, 1.54) is 18.4 Å². The molecule has 6 heteroatoms. The summed E-state index contributed by atoms with van der Waals surface area (Å²) in [6.07, 6.45) is 0. The fourth-order valence-electron chi connectivity index (χ4n) is 1.62. The molecule has 5 nitrogen and oxygen atoms in total. The van der Waals surface area contributed by atoms with Crippen LogP contribution in [0.1, 0.15) is 15.4 Å². The maximum absolute atomic E-state index is 12.0. The number of hydrogen-bond donors (Lipinski definition) is 1. The number of ether oxygens (including phenoxy) is 1. The van der Waals surface area contributed by atoms with E-state index in [-0.39, 0.29) is 12.5 Å². The van der Waals surface area contributed by atoms with Gasteiger partial charge in [-0.1, -0.05) is 30.3 Å². The fourth-order valence-corrected chi connectivity index (χ4v) is 2.60. The van der Waals surface area contributed by atoms with Crippen molar-refractivity contribution in [2.75, 3.05) is 13.7 Å². The van der Waals surface area contributed by atoms with Crippen LogP contribution in [0.5, 0.6) is 0 Å². The highest BCUT2D eigenvalue weighted by Gasteiger charge is 2.16. The van der Waals surface area contributed by atoms with Gasteiger partial charge in [0.15, 0.2) is 0 Å². The van der Waals surface area contributed by atoms with Crippen molar-refractivity contribution in [1.29, 1.82) is 0 Å². The Morgan fingerprint density at radius 2 is 2.00 bits per heavy atom. The van der Waals surface area contributed by atoms with Crippen LogP contribution in [-0.2, 0) is 9.53 Å². The molecule has 2 rings (SSSR count). The molecule has 0 radical (unpaired) electrons. The molecular formula is C14H14N2O3S. The molecule has 0 saturated carbocycles. The van der Waals surface area contributed by atoms with Crippen molar-refractivity contribution >= 4 is 23.2 Å². The molecule has 1 N–H and O–H groups in total. The number of nitrogens with zero attached hydrogens (tertiary/aromatic N) is 1. The zero-order valence-corrected chi connectivity index (χ0v) is 12.0. The summed E-state index contributed by atoms with van der Waals surface area (Å²) in [4.78, 5) is 27.9. The molecule has 2 aromatic rings. The maximum atomic E-state index is 12.0. The quantitative estimate of drug-likeness (QED) is 0.875. The van der Waals surface area contributed by atoms with Crippen LogP contribution in [0.2, 0.25) is 0 Å². The number of aryl methyl sites for hydroxylation is 1. The number of rotatable bonds is 4. The number of methoxy groups -OCH3 is 1. The van der Waals surface area contributed by atoms with Gasteiger partial charge in [0.1, 0.15) is 16.4 Å². The number of carbonyl (C=O) groups is 2. The third-order valence-corrected chi connectivity index (χ3v) is 3.85. The van der Waals surface area contributed by atoms with Gasteiger partial charge in [-0.05, 0) is 6.92 Å². The van der Waals surface area contributed by atoms with Crippen molar-refractivity contribution in [3.8, 4) is 10.6 Å². The van der Waals surface area contributed by atoms with Crippen LogP contribution < -0.4 is 5.32 Å².